The highest BCUT2D eigenvalue weighted by molar-refractivity contribution is 7.90. The summed E-state index contributed by atoms with van der Waals surface area (Å²) in [6, 6.07) is 0.0321. The largest absolute Gasteiger partial charge is 0.305 e. The number of thiazole rings is 1. The minimum atomic E-state index is -2.92. The number of hydrogen-bond donors (Lipinski definition) is 1. The molecule has 2 unspecified atom stereocenters. The molecule has 0 aliphatic carbocycles. The summed E-state index contributed by atoms with van der Waals surface area (Å²) >= 11 is 1.54. The number of nitrogens with one attached hydrogen (secondary N) is 1. The normalized spacial score (nSPS) is 16.2. The van der Waals surface area contributed by atoms with E-state index in [9.17, 15) is 8.42 Å². The van der Waals surface area contributed by atoms with Crippen molar-refractivity contribution in [3.63, 3.8) is 0 Å². The first-order chi connectivity index (χ1) is 6.88. The molecule has 1 rings (SSSR count). The maximum atomic E-state index is 11.1. The smallest absolute Gasteiger partial charge is 0.148 e. The second kappa shape index (κ2) is 5.05. The van der Waals surface area contributed by atoms with E-state index in [0.717, 1.165) is 5.69 Å². The minimum Gasteiger partial charge on any atom is -0.305 e. The topological polar surface area (TPSA) is 59.1 Å². The van der Waals surface area contributed by atoms with Crippen molar-refractivity contribution in [2.24, 2.45) is 0 Å². The summed E-state index contributed by atoms with van der Waals surface area (Å²) in [5, 5.41) is 5.17. The van der Waals surface area contributed by atoms with Crippen molar-refractivity contribution in [2.75, 3.05) is 12.0 Å². The molecule has 0 aliphatic rings. The first kappa shape index (κ1) is 12.6. The number of sulfone groups is 1. The zero-order valence-electron chi connectivity index (χ0n) is 9.10. The van der Waals surface area contributed by atoms with Crippen LogP contribution in [0, 0.1) is 0 Å². The quantitative estimate of drug-likeness (QED) is 0.851. The van der Waals surface area contributed by atoms with Gasteiger partial charge in [0, 0.05) is 23.7 Å². The van der Waals surface area contributed by atoms with Crippen molar-refractivity contribution in [3.8, 4) is 0 Å². The molecule has 0 saturated heterocycles. The van der Waals surface area contributed by atoms with E-state index in [4.69, 9.17) is 0 Å². The van der Waals surface area contributed by atoms with E-state index in [0.29, 0.717) is 0 Å². The van der Waals surface area contributed by atoms with Crippen molar-refractivity contribution < 1.29 is 8.42 Å². The standard InChI is InChI=1S/C9H16N2O2S2/c1-7(5-15(3,12)13)11-8(2)9-4-14-6-10-9/h4,6-8,11H,5H2,1-3H3. The number of nitrogens with zero attached hydrogens (tertiary/aromatic N) is 1. The Labute approximate surface area is 94.7 Å². The van der Waals surface area contributed by atoms with Crippen LogP contribution in [-0.2, 0) is 9.84 Å². The van der Waals surface area contributed by atoms with Crippen LogP contribution in [0.1, 0.15) is 25.6 Å². The van der Waals surface area contributed by atoms with Crippen LogP contribution < -0.4 is 5.32 Å². The molecule has 0 amide bonds. The summed E-state index contributed by atoms with van der Waals surface area (Å²) in [6.07, 6.45) is 1.25. The molecular weight excluding hydrogens is 232 g/mol. The molecule has 0 fully saturated rings. The lowest BCUT2D eigenvalue weighted by atomic mass is 10.2. The Bertz CT molecular complexity index is 386. The molecule has 0 bridgehead atoms. The Kier molecular flexibility index (Phi) is 4.24. The third-order valence-electron chi connectivity index (χ3n) is 1.98. The van der Waals surface area contributed by atoms with E-state index in [-0.39, 0.29) is 17.8 Å². The zero-order chi connectivity index (χ0) is 11.5. The molecule has 0 radical (unpaired) electrons. The maximum Gasteiger partial charge on any atom is 0.148 e. The van der Waals surface area contributed by atoms with Crippen molar-refractivity contribution in [2.45, 2.75) is 25.9 Å². The van der Waals surface area contributed by atoms with Gasteiger partial charge in [-0.15, -0.1) is 11.3 Å². The van der Waals surface area contributed by atoms with Gasteiger partial charge in [0.2, 0.25) is 0 Å². The first-order valence-electron chi connectivity index (χ1n) is 4.70. The van der Waals surface area contributed by atoms with Gasteiger partial charge in [0.25, 0.3) is 0 Å². The molecule has 1 heterocycles. The summed E-state index contributed by atoms with van der Waals surface area (Å²) in [5.41, 5.74) is 2.73. The Morgan fingerprint density at radius 3 is 2.67 bits per heavy atom. The highest BCUT2D eigenvalue weighted by Crippen LogP contribution is 2.12. The fraction of sp³-hybridized carbons (Fsp3) is 0.667. The van der Waals surface area contributed by atoms with Crippen molar-refractivity contribution in [3.05, 3.63) is 16.6 Å². The lowest BCUT2D eigenvalue weighted by molar-refractivity contribution is 0.494. The van der Waals surface area contributed by atoms with Gasteiger partial charge >= 0.3 is 0 Å². The number of aromatic nitrogens is 1. The highest BCUT2D eigenvalue weighted by atomic mass is 32.2. The van der Waals surface area contributed by atoms with E-state index in [2.05, 4.69) is 10.3 Å². The Morgan fingerprint density at radius 2 is 2.20 bits per heavy atom. The Hall–Kier alpha value is -0.460. The van der Waals surface area contributed by atoms with Crippen molar-refractivity contribution in [1.29, 1.82) is 0 Å². The van der Waals surface area contributed by atoms with Gasteiger partial charge in [0.05, 0.1) is 17.0 Å². The van der Waals surface area contributed by atoms with Crippen LogP contribution in [0.4, 0.5) is 0 Å². The van der Waals surface area contributed by atoms with Crippen LogP contribution in [0.5, 0.6) is 0 Å². The molecule has 2 atom stereocenters. The number of hydrogen-bond acceptors (Lipinski definition) is 5. The summed E-state index contributed by atoms with van der Waals surface area (Å²) < 4.78 is 22.1. The highest BCUT2D eigenvalue weighted by Gasteiger charge is 2.14. The van der Waals surface area contributed by atoms with Crippen LogP contribution in [-0.4, -0.2) is 31.5 Å². The molecule has 0 saturated carbocycles. The summed E-state index contributed by atoms with van der Waals surface area (Å²) in [6.45, 7) is 3.84. The van der Waals surface area contributed by atoms with Gasteiger partial charge in [0.15, 0.2) is 0 Å². The minimum absolute atomic E-state index is 0.0586. The molecule has 6 heteroatoms. The van der Waals surface area contributed by atoms with Crippen molar-refractivity contribution in [1.82, 2.24) is 10.3 Å². The van der Waals surface area contributed by atoms with E-state index >= 15 is 0 Å². The van der Waals surface area contributed by atoms with Gasteiger partial charge in [-0.25, -0.2) is 13.4 Å². The predicted molar refractivity (Wildman–Crippen MR) is 62.8 cm³/mol. The second-order valence-electron chi connectivity index (χ2n) is 3.80. The SMILES string of the molecule is CC(CS(C)(=O)=O)NC(C)c1cscn1. The molecule has 1 aromatic rings. The molecule has 86 valence electrons. The third-order valence-corrected chi connectivity index (χ3v) is 3.69. The summed E-state index contributed by atoms with van der Waals surface area (Å²) in [7, 11) is -2.92. The first-order valence-corrected chi connectivity index (χ1v) is 7.70. The van der Waals surface area contributed by atoms with Crippen LogP contribution in [0.3, 0.4) is 0 Å². The molecule has 0 spiro atoms. The Balaban J connectivity index is 2.49. The van der Waals surface area contributed by atoms with Gasteiger partial charge < -0.3 is 5.32 Å². The fourth-order valence-electron chi connectivity index (χ4n) is 1.45. The van der Waals surface area contributed by atoms with Gasteiger partial charge in [-0.3, -0.25) is 0 Å². The molecule has 0 aromatic carbocycles. The van der Waals surface area contributed by atoms with Gasteiger partial charge in [0.1, 0.15) is 9.84 Å². The fourth-order valence-corrected chi connectivity index (χ4v) is 3.10. The molecule has 1 N–H and O–H groups in total. The summed E-state index contributed by atoms with van der Waals surface area (Å²) in [4.78, 5) is 4.17. The van der Waals surface area contributed by atoms with E-state index in [1.807, 2.05) is 19.2 Å². The molecule has 1 aromatic heterocycles. The third kappa shape index (κ3) is 4.72. The van der Waals surface area contributed by atoms with E-state index in [1.165, 1.54) is 17.6 Å². The van der Waals surface area contributed by atoms with Gasteiger partial charge in [-0.05, 0) is 13.8 Å². The predicted octanol–water partition coefficient (Wildman–Crippen LogP) is 1.23. The van der Waals surface area contributed by atoms with Crippen LogP contribution in [0.25, 0.3) is 0 Å². The van der Waals surface area contributed by atoms with Crippen LogP contribution in [0.2, 0.25) is 0 Å². The molecular formula is C9H16N2O2S2. The van der Waals surface area contributed by atoms with Crippen molar-refractivity contribution >= 4 is 21.2 Å². The van der Waals surface area contributed by atoms with Crippen LogP contribution in [0.15, 0.2) is 10.9 Å². The lowest BCUT2D eigenvalue weighted by Gasteiger charge is -2.17. The Morgan fingerprint density at radius 1 is 1.53 bits per heavy atom. The molecule has 0 aliphatic heterocycles. The van der Waals surface area contributed by atoms with E-state index in [1.54, 1.807) is 5.51 Å². The summed E-state index contributed by atoms with van der Waals surface area (Å²) in [5.74, 6) is 0.154. The zero-order valence-corrected chi connectivity index (χ0v) is 10.7. The van der Waals surface area contributed by atoms with Gasteiger partial charge in [-0.2, -0.15) is 0 Å². The maximum absolute atomic E-state index is 11.1. The average Bonchev–Trinajstić information content (AvgIpc) is 2.50. The lowest BCUT2D eigenvalue weighted by Crippen LogP contribution is -2.34. The molecule has 15 heavy (non-hydrogen) atoms. The monoisotopic (exact) mass is 248 g/mol. The van der Waals surface area contributed by atoms with Gasteiger partial charge in [-0.1, -0.05) is 0 Å². The average molecular weight is 248 g/mol. The molecule has 4 nitrogen and oxygen atoms in total. The van der Waals surface area contributed by atoms with E-state index < -0.39 is 9.84 Å². The van der Waals surface area contributed by atoms with Crippen LogP contribution >= 0.6 is 11.3 Å². The number of rotatable bonds is 5. The second-order valence-corrected chi connectivity index (χ2v) is 6.70.